The van der Waals surface area contributed by atoms with Gasteiger partial charge in [0.05, 0.1) is 5.69 Å². The fourth-order valence-corrected chi connectivity index (χ4v) is 2.43. The molecule has 2 rings (SSSR count). The van der Waals surface area contributed by atoms with Crippen LogP contribution >= 0.6 is 0 Å². The van der Waals surface area contributed by atoms with Gasteiger partial charge in [-0.2, -0.15) is 0 Å². The maximum absolute atomic E-state index is 12.2. The Hall–Kier alpha value is -2.08. The maximum atomic E-state index is 12.2. The van der Waals surface area contributed by atoms with Crippen molar-refractivity contribution in [3.05, 3.63) is 29.3 Å². The quantitative estimate of drug-likeness (QED) is 0.890. The highest BCUT2D eigenvalue weighted by Crippen LogP contribution is 2.30. The summed E-state index contributed by atoms with van der Waals surface area (Å²) < 4.78 is 5.39. The molecule has 0 bridgehead atoms. The fourth-order valence-electron chi connectivity index (χ4n) is 2.43. The number of hydrogen-bond acceptors (Lipinski definition) is 4. The maximum Gasteiger partial charge on any atom is 0.414 e. The Morgan fingerprint density at radius 3 is 2.68 bits per heavy atom. The topological polar surface area (TPSA) is 92.9 Å². The Balaban J connectivity index is 2.13. The van der Waals surface area contributed by atoms with Crippen molar-refractivity contribution in [1.82, 2.24) is 0 Å². The molecule has 0 aromatic heterocycles. The van der Waals surface area contributed by atoms with Crippen molar-refractivity contribution >= 4 is 17.7 Å². The standard InChI is InChI=1S/C16H22N2O4/c1-16(2,3)22-15(21)18-7-6-11-8-10(4-5-13(11)18)9-12(17)14(19)20/h4-5,8,12H,6-7,9,17H2,1-3H3,(H,19,20). The molecule has 0 saturated carbocycles. The summed E-state index contributed by atoms with van der Waals surface area (Å²) in [5, 5.41) is 8.87. The Kier molecular flexibility index (Phi) is 4.42. The first-order valence-electron chi connectivity index (χ1n) is 7.28. The van der Waals surface area contributed by atoms with Gasteiger partial charge in [0.1, 0.15) is 11.6 Å². The molecule has 1 unspecified atom stereocenters. The molecule has 1 heterocycles. The Morgan fingerprint density at radius 1 is 1.41 bits per heavy atom. The van der Waals surface area contributed by atoms with Crippen LogP contribution in [-0.4, -0.2) is 35.4 Å². The van der Waals surface area contributed by atoms with Gasteiger partial charge >= 0.3 is 12.1 Å². The van der Waals surface area contributed by atoms with Crippen molar-refractivity contribution in [2.24, 2.45) is 5.73 Å². The van der Waals surface area contributed by atoms with Crippen LogP contribution in [0.25, 0.3) is 0 Å². The molecule has 120 valence electrons. The Morgan fingerprint density at radius 2 is 2.09 bits per heavy atom. The number of carbonyl (C=O) groups excluding carboxylic acids is 1. The van der Waals surface area contributed by atoms with Gasteiger partial charge in [0.2, 0.25) is 0 Å². The average Bonchev–Trinajstić information content (AvgIpc) is 2.79. The number of amides is 1. The lowest BCUT2D eigenvalue weighted by Crippen LogP contribution is -2.35. The minimum absolute atomic E-state index is 0.273. The predicted molar refractivity (Wildman–Crippen MR) is 83.0 cm³/mol. The molecule has 1 aromatic carbocycles. The number of nitrogens with two attached hydrogens (primary N) is 1. The van der Waals surface area contributed by atoms with Gasteiger partial charge in [-0.15, -0.1) is 0 Å². The van der Waals surface area contributed by atoms with Crippen molar-refractivity contribution in [1.29, 1.82) is 0 Å². The molecule has 1 aliphatic heterocycles. The first-order chi connectivity index (χ1) is 10.2. The lowest BCUT2D eigenvalue weighted by atomic mass is 10.0. The molecule has 0 fully saturated rings. The number of aliphatic carboxylic acids is 1. The summed E-state index contributed by atoms with van der Waals surface area (Å²) in [4.78, 5) is 24.6. The van der Waals surface area contributed by atoms with Crippen molar-refractivity contribution in [2.75, 3.05) is 11.4 Å². The molecular weight excluding hydrogens is 284 g/mol. The van der Waals surface area contributed by atoms with Crippen molar-refractivity contribution < 1.29 is 19.4 Å². The van der Waals surface area contributed by atoms with Crippen LogP contribution in [0, 0.1) is 0 Å². The van der Waals surface area contributed by atoms with E-state index in [-0.39, 0.29) is 12.5 Å². The number of ether oxygens (including phenoxy) is 1. The third-order valence-electron chi connectivity index (χ3n) is 3.43. The molecule has 1 amide bonds. The number of carboxylic acid groups (broad SMARTS) is 1. The molecule has 1 aliphatic rings. The zero-order valence-electron chi connectivity index (χ0n) is 13.1. The third kappa shape index (κ3) is 3.76. The summed E-state index contributed by atoms with van der Waals surface area (Å²) in [6, 6.07) is 4.64. The zero-order valence-corrected chi connectivity index (χ0v) is 13.1. The largest absolute Gasteiger partial charge is 0.480 e. The van der Waals surface area contributed by atoms with E-state index in [1.54, 1.807) is 4.90 Å². The molecule has 0 saturated heterocycles. The molecule has 1 aromatic rings. The molecular formula is C16H22N2O4. The number of nitrogens with zero attached hydrogens (tertiary/aromatic N) is 1. The van der Waals surface area contributed by atoms with E-state index in [2.05, 4.69) is 0 Å². The highest BCUT2D eigenvalue weighted by Gasteiger charge is 2.29. The lowest BCUT2D eigenvalue weighted by molar-refractivity contribution is -0.138. The van der Waals surface area contributed by atoms with Gasteiger partial charge in [-0.25, -0.2) is 4.79 Å². The first-order valence-corrected chi connectivity index (χ1v) is 7.28. The second-order valence-electron chi connectivity index (χ2n) is 6.49. The number of anilines is 1. The van der Waals surface area contributed by atoms with Crippen LogP contribution in [0.1, 0.15) is 31.9 Å². The monoisotopic (exact) mass is 306 g/mol. The van der Waals surface area contributed by atoms with Crippen molar-refractivity contribution in [3.8, 4) is 0 Å². The van der Waals surface area contributed by atoms with Crippen molar-refractivity contribution in [3.63, 3.8) is 0 Å². The SMILES string of the molecule is CC(C)(C)OC(=O)N1CCc2cc(CC(N)C(=O)O)ccc21. The van der Waals surface area contributed by atoms with E-state index in [0.717, 1.165) is 23.2 Å². The predicted octanol–water partition coefficient (Wildman–Crippen LogP) is 1.94. The van der Waals surface area contributed by atoms with E-state index in [1.165, 1.54) is 0 Å². The summed E-state index contributed by atoms with van der Waals surface area (Å²) in [7, 11) is 0. The number of hydrogen-bond donors (Lipinski definition) is 2. The van der Waals surface area contributed by atoms with E-state index >= 15 is 0 Å². The summed E-state index contributed by atoms with van der Waals surface area (Å²) in [5.41, 5.74) is 7.72. The zero-order chi connectivity index (χ0) is 16.5. The van der Waals surface area contributed by atoms with E-state index in [9.17, 15) is 9.59 Å². The van der Waals surface area contributed by atoms with Gasteiger partial charge in [0.25, 0.3) is 0 Å². The van der Waals surface area contributed by atoms with Crippen LogP contribution in [0.4, 0.5) is 10.5 Å². The van der Waals surface area contributed by atoms with Gasteiger partial charge < -0.3 is 15.6 Å². The first kappa shape index (κ1) is 16.3. The number of rotatable bonds is 3. The summed E-state index contributed by atoms with van der Waals surface area (Å²) >= 11 is 0. The molecule has 0 aliphatic carbocycles. The van der Waals surface area contributed by atoms with Gasteiger partial charge in [-0.3, -0.25) is 9.69 Å². The summed E-state index contributed by atoms with van der Waals surface area (Å²) in [5.74, 6) is -1.02. The molecule has 1 atom stereocenters. The molecule has 6 nitrogen and oxygen atoms in total. The lowest BCUT2D eigenvalue weighted by Gasteiger charge is -2.24. The van der Waals surface area contributed by atoms with Crippen LogP contribution in [0.5, 0.6) is 0 Å². The Bertz CT molecular complexity index is 592. The normalized spacial score (nSPS) is 15.4. The highest BCUT2D eigenvalue weighted by atomic mass is 16.6. The van der Waals surface area contributed by atoms with E-state index in [1.807, 2.05) is 39.0 Å². The van der Waals surface area contributed by atoms with Crippen molar-refractivity contribution in [2.45, 2.75) is 45.3 Å². The minimum Gasteiger partial charge on any atom is -0.480 e. The van der Waals surface area contributed by atoms with Gasteiger partial charge in [-0.1, -0.05) is 12.1 Å². The molecule has 0 radical (unpaired) electrons. The van der Waals surface area contributed by atoms with Crippen LogP contribution < -0.4 is 10.6 Å². The van der Waals surface area contributed by atoms with Gasteiger partial charge in [0.15, 0.2) is 0 Å². The second-order valence-corrected chi connectivity index (χ2v) is 6.49. The number of carbonyl (C=O) groups is 2. The summed E-state index contributed by atoms with van der Waals surface area (Å²) in [6.07, 6.45) is 0.640. The Labute approximate surface area is 129 Å². The average molecular weight is 306 g/mol. The number of carboxylic acids is 1. The van der Waals surface area contributed by atoms with E-state index in [4.69, 9.17) is 15.6 Å². The molecule has 22 heavy (non-hydrogen) atoms. The molecule has 6 heteroatoms. The van der Waals surface area contributed by atoms with Crippen LogP contribution in [0.2, 0.25) is 0 Å². The van der Waals surface area contributed by atoms with Gasteiger partial charge in [-0.05, 0) is 50.8 Å². The number of benzene rings is 1. The third-order valence-corrected chi connectivity index (χ3v) is 3.43. The second kappa shape index (κ2) is 5.96. The van der Waals surface area contributed by atoms with Crippen LogP contribution in [0.3, 0.4) is 0 Å². The number of fused-ring (bicyclic) bond motifs is 1. The summed E-state index contributed by atoms with van der Waals surface area (Å²) in [6.45, 7) is 6.06. The van der Waals surface area contributed by atoms with E-state index in [0.29, 0.717) is 6.54 Å². The van der Waals surface area contributed by atoms with Crippen LogP contribution in [-0.2, 0) is 22.4 Å². The van der Waals surface area contributed by atoms with E-state index < -0.39 is 17.6 Å². The minimum atomic E-state index is -1.02. The van der Waals surface area contributed by atoms with Crippen LogP contribution in [0.15, 0.2) is 18.2 Å². The highest BCUT2D eigenvalue weighted by molar-refractivity contribution is 5.90. The van der Waals surface area contributed by atoms with Gasteiger partial charge in [0, 0.05) is 6.54 Å². The fraction of sp³-hybridized carbons (Fsp3) is 0.500. The smallest absolute Gasteiger partial charge is 0.414 e. The molecule has 3 N–H and O–H groups in total. The molecule has 0 spiro atoms.